The maximum Gasteiger partial charge on any atom is 0.425 e. The van der Waals surface area contributed by atoms with E-state index in [2.05, 4.69) is 5.32 Å². The van der Waals surface area contributed by atoms with Crippen LogP contribution in [-0.4, -0.2) is 153 Å². The van der Waals surface area contributed by atoms with Crippen molar-refractivity contribution >= 4 is 95.9 Å². The van der Waals surface area contributed by atoms with E-state index in [1.165, 1.54) is 31.9 Å². The highest BCUT2D eigenvalue weighted by Gasteiger charge is 2.38. The van der Waals surface area contributed by atoms with Crippen LogP contribution in [0, 0.1) is 36.3 Å². The van der Waals surface area contributed by atoms with Crippen molar-refractivity contribution in [2.45, 2.75) is 32.0 Å². The molecule has 9 aromatic rings. The number of nitro groups is 3. The number of aryl methyl sites for hydroxylation is 4. The summed E-state index contributed by atoms with van der Waals surface area (Å²) in [6.07, 6.45) is -0.782. The van der Waals surface area contributed by atoms with E-state index in [0.717, 1.165) is 43.6 Å². The number of para-hydroxylation sites is 3. The number of nitrogens with one attached hydrogen (secondary N) is 1. The molecule has 26 nitrogen and oxygen atoms in total. The molecule has 13 rings (SSSR count). The Labute approximate surface area is 548 Å². The second kappa shape index (κ2) is 28.5. The molecule has 4 saturated heterocycles. The number of hydrogen-bond acceptors (Lipinski definition) is 18. The molecule has 0 spiro atoms. The number of piperidine rings is 1. The lowest BCUT2D eigenvalue weighted by Crippen LogP contribution is -2.51. The summed E-state index contributed by atoms with van der Waals surface area (Å²) >= 11 is 0.387. The second-order valence-corrected chi connectivity index (χ2v) is 24.5. The third-order valence-electron chi connectivity index (χ3n) is 17.8. The fourth-order valence-corrected chi connectivity index (χ4v) is 13.8. The van der Waals surface area contributed by atoms with Crippen molar-refractivity contribution in [2.75, 3.05) is 106 Å². The molecule has 5 aromatic heterocycles. The zero-order valence-electron chi connectivity index (χ0n) is 52.2. The summed E-state index contributed by atoms with van der Waals surface area (Å²) in [5.41, 5.74) is 0.435. The Balaban J connectivity index is 0.000000147. The molecular formula is C66H66F3N13O13S. The predicted molar refractivity (Wildman–Crippen MR) is 355 cm³/mol. The molecule has 0 radical (unpaired) electrons. The Kier molecular flexibility index (Phi) is 19.8. The third-order valence-corrected chi connectivity index (χ3v) is 18.9. The number of halogens is 3. The summed E-state index contributed by atoms with van der Waals surface area (Å²) in [6, 6.07) is 36.4. The number of aromatic nitrogens is 3. The standard InChI is InChI=1S/C26H24N4O5.C20H17F3N4O4S.C20H25N5O4/c31-25(22-11-6-18-35-22)28-16-14-27(15-17-28)23-20-9-4-5-10-21(20)29(26(32)24(23)30(33)34)13-12-19-7-2-1-3-8-19;1-24-13-5-3-2-4-12(13)16(17(19(24)29)27(30)31)25-8-10-26(11-9-25)18(28)14-6-7-15(32-14)20(21,22)23;1-22-16-5-3-2-4-15(16)17(18(20(22)27)25(28)29)23-10-12-24(13-11-23)19(26)14-6-8-21-9-7-14/h1-11,18H,12-17H2;2-7H,8-11H2,1H3;2-5,14,21H,6-13H2,1H3. The average Bonchev–Trinajstić information content (AvgIpc) is 0.830. The Bertz CT molecular complexity index is 4620. The van der Waals surface area contributed by atoms with Gasteiger partial charge in [0, 0.05) is 121 Å². The van der Waals surface area contributed by atoms with Gasteiger partial charge in [0.2, 0.25) is 5.91 Å². The van der Waals surface area contributed by atoms with Crippen LogP contribution in [0.25, 0.3) is 32.7 Å². The van der Waals surface area contributed by atoms with E-state index in [0.29, 0.717) is 121 Å². The van der Waals surface area contributed by atoms with E-state index < -0.39 is 65.5 Å². The Morgan fingerprint density at radius 3 is 1.41 bits per heavy atom. The molecule has 4 aliphatic rings. The topological polar surface area (TPSA) is 291 Å². The monoisotopic (exact) mass is 1340 g/mol. The minimum absolute atomic E-state index is 0.0178. The molecule has 0 saturated carbocycles. The fourth-order valence-electron chi connectivity index (χ4n) is 12.9. The second-order valence-electron chi connectivity index (χ2n) is 23.4. The lowest BCUT2D eigenvalue weighted by Gasteiger charge is -2.38. The summed E-state index contributed by atoms with van der Waals surface area (Å²) in [5, 5.41) is 40.8. The lowest BCUT2D eigenvalue weighted by molar-refractivity contribution is -0.385. The van der Waals surface area contributed by atoms with Gasteiger partial charge in [-0.2, -0.15) is 13.2 Å². The normalized spacial score (nSPS) is 15.5. The zero-order chi connectivity index (χ0) is 68.1. The number of benzene rings is 4. The van der Waals surface area contributed by atoms with Gasteiger partial charge in [-0.1, -0.05) is 84.9 Å². The number of amides is 3. The molecule has 9 heterocycles. The minimum atomic E-state index is -4.51. The summed E-state index contributed by atoms with van der Waals surface area (Å²) in [6.45, 7) is 6.15. The molecule has 0 atom stereocenters. The summed E-state index contributed by atoms with van der Waals surface area (Å²) in [5.74, 6) is -0.244. The molecule has 30 heteroatoms. The number of pyridine rings is 3. The van der Waals surface area contributed by atoms with Crippen LogP contribution in [0.5, 0.6) is 0 Å². The third kappa shape index (κ3) is 13.6. The van der Waals surface area contributed by atoms with Gasteiger partial charge in [0.05, 0.1) is 42.5 Å². The van der Waals surface area contributed by atoms with Crippen LogP contribution in [0.2, 0.25) is 0 Å². The van der Waals surface area contributed by atoms with Gasteiger partial charge < -0.3 is 52.8 Å². The predicted octanol–water partition coefficient (Wildman–Crippen LogP) is 8.29. The summed E-state index contributed by atoms with van der Waals surface area (Å²) < 4.78 is 47.8. The van der Waals surface area contributed by atoms with Gasteiger partial charge in [0.15, 0.2) is 5.76 Å². The van der Waals surface area contributed by atoms with E-state index in [4.69, 9.17) is 4.42 Å². The number of furan rings is 1. The SMILES string of the molecule is Cn1c(=O)c([N+](=O)[O-])c(N2CCN(C(=O)C3CCNCC3)CC2)c2ccccc21.Cn1c(=O)c([N+](=O)[O-])c(N2CCN(C(=O)c3ccc(C(F)(F)F)s3)CC2)c2ccccc21.O=C(c1ccco1)N1CCN(c2c([N+](=O)[O-])c(=O)n(CCc3ccccc3)c3ccccc23)CC1. The highest BCUT2D eigenvalue weighted by Crippen LogP contribution is 2.39. The van der Waals surface area contributed by atoms with Crippen molar-refractivity contribution < 1.29 is 46.7 Å². The Morgan fingerprint density at radius 1 is 0.531 bits per heavy atom. The number of rotatable bonds is 12. The maximum atomic E-state index is 13.5. The Hall–Kier alpha value is -10.8. The van der Waals surface area contributed by atoms with Crippen LogP contribution in [0.15, 0.2) is 152 Å². The molecule has 1 N–H and O–H groups in total. The molecule has 0 bridgehead atoms. The molecule has 4 aliphatic heterocycles. The van der Waals surface area contributed by atoms with Gasteiger partial charge in [-0.15, -0.1) is 11.3 Å². The first-order valence-corrected chi connectivity index (χ1v) is 31.8. The first-order valence-electron chi connectivity index (χ1n) is 31.0. The number of hydrogen-bond donors (Lipinski definition) is 1. The zero-order valence-corrected chi connectivity index (χ0v) is 53.0. The van der Waals surface area contributed by atoms with Crippen LogP contribution >= 0.6 is 11.3 Å². The average molecular weight is 1340 g/mol. The number of carbonyl (C=O) groups excluding carboxylic acids is 3. The van der Waals surface area contributed by atoms with E-state index in [1.807, 2.05) is 87.5 Å². The number of thiophene rings is 1. The molecule has 500 valence electrons. The van der Waals surface area contributed by atoms with Crippen molar-refractivity contribution in [2.24, 2.45) is 20.0 Å². The van der Waals surface area contributed by atoms with Gasteiger partial charge in [-0.3, -0.25) is 59.1 Å². The molecule has 4 fully saturated rings. The van der Waals surface area contributed by atoms with Crippen LogP contribution < -0.4 is 36.7 Å². The molecule has 0 aliphatic carbocycles. The van der Waals surface area contributed by atoms with Crippen molar-refractivity contribution in [1.29, 1.82) is 0 Å². The van der Waals surface area contributed by atoms with Crippen molar-refractivity contribution in [1.82, 2.24) is 33.7 Å². The first-order chi connectivity index (χ1) is 46.1. The van der Waals surface area contributed by atoms with Gasteiger partial charge >= 0.3 is 39.9 Å². The number of alkyl halides is 3. The van der Waals surface area contributed by atoms with Crippen molar-refractivity contribution in [3.05, 3.63) is 216 Å². The van der Waals surface area contributed by atoms with Crippen molar-refractivity contribution in [3.63, 3.8) is 0 Å². The molecule has 3 amide bonds. The van der Waals surface area contributed by atoms with E-state index in [1.54, 1.807) is 59.3 Å². The quantitative estimate of drug-likeness (QED) is 0.0888. The van der Waals surface area contributed by atoms with Crippen LogP contribution in [0.3, 0.4) is 0 Å². The van der Waals surface area contributed by atoms with Crippen LogP contribution in [0.1, 0.15) is 43.5 Å². The van der Waals surface area contributed by atoms with Gasteiger partial charge in [-0.25, -0.2) is 0 Å². The molecule has 96 heavy (non-hydrogen) atoms. The number of anilines is 3. The van der Waals surface area contributed by atoms with E-state index in [9.17, 15) is 72.3 Å². The number of carbonyl (C=O) groups is 3. The summed E-state index contributed by atoms with van der Waals surface area (Å²) in [7, 11) is 3.02. The first kappa shape index (κ1) is 66.7. The number of fused-ring (bicyclic) bond motifs is 3. The largest absolute Gasteiger partial charge is 0.459 e. The van der Waals surface area contributed by atoms with Crippen molar-refractivity contribution in [3.8, 4) is 0 Å². The molecular weight excluding hydrogens is 1270 g/mol. The van der Waals surface area contributed by atoms with Gasteiger partial charge in [-0.05, 0) is 80.4 Å². The van der Waals surface area contributed by atoms with Crippen LogP contribution in [0.4, 0.5) is 47.3 Å². The fraction of sp³-hybridized carbons (Fsp3) is 0.333. The highest BCUT2D eigenvalue weighted by molar-refractivity contribution is 7.14. The highest BCUT2D eigenvalue weighted by atomic mass is 32.1. The Morgan fingerprint density at radius 2 is 0.958 bits per heavy atom. The maximum absolute atomic E-state index is 13.5. The summed E-state index contributed by atoms with van der Waals surface area (Å²) in [4.78, 5) is 120. The molecule has 0 unspecified atom stereocenters. The minimum Gasteiger partial charge on any atom is -0.459 e. The van der Waals surface area contributed by atoms with E-state index in [-0.39, 0.29) is 60.2 Å². The van der Waals surface area contributed by atoms with E-state index >= 15 is 0 Å². The van der Waals surface area contributed by atoms with Crippen LogP contribution in [-0.2, 0) is 38.0 Å². The lowest BCUT2D eigenvalue weighted by atomic mass is 9.96. The van der Waals surface area contributed by atoms with Gasteiger partial charge in [0.1, 0.15) is 21.9 Å². The number of nitrogens with zero attached hydrogens (tertiary/aromatic N) is 12. The number of piperazine rings is 3. The smallest absolute Gasteiger partial charge is 0.425 e. The molecule has 4 aromatic carbocycles. The van der Waals surface area contributed by atoms with Gasteiger partial charge in [0.25, 0.3) is 11.8 Å².